The van der Waals surface area contributed by atoms with Crippen molar-refractivity contribution in [1.29, 1.82) is 0 Å². The van der Waals surface area contributed by atoms with Gasteiger partial charge < -0.3 is 0 Å². The van der Waals surface area contributed by atoms with Crippen LogP contribution in [-0.4, -0.2) is 0 Å². The predicted octanol–water partition coefficient (Wildman–Crippen LogP) is 10.8. The van der Waals surface area contributed by atoms with E-state index in [0.717, 1.165) is 23.7 Å². The molecule has 0 atom stereocenters. The van der Waals surface area contributed by atoms with Crippen LogP contribution in [0.25, 0.3) is 0 Å². The van der Waals surface area contributed by atoms with Crippen molar-refractivity contribution >= 4 is 0 Å². The zero-order valence-electron chi connectivity index (χ0n) is 21.6. The van der Waals surface area contributed by atoms with Gasteiger partial charge in [0.1, 0.15) is 0 Å². The molecule has 0 bridgehead atoms. The molecule has 0 aromatic heterocycles. The van der Waals surface area contributed by atoms with E-state index < -0.39 is 0 Å². The molecule has 0 aromatic rings. The molecule has 28 heavy (non-hydrogen) atoms. The maximum absolute atomic E-state index is 2.33. The highest BCUT2D eigenvalue weighted by molar-refractivity contribution is 4.51. The third-order valence-electron chi connectivity index (χ3n) is 5.63. The Balaban J connectivity index is 0. The Hall–Kier alpha value is 0. The number of hydrogen-bond acceptors (Lipinski definition) is 0. The van der Waals surface area contributed by atoms with Crippen molar-refractivity contribution in [3.8, 4) is 0 Å². The van der Waals surface area contributed by atoms with Crippen LogP contribution in [0.1, 0.15) is 158 Å². The van der Waals surface area contributed by atoms with Gasteiger partial charge in [0, 0.05) is 0 Å². The van der Waals surface area contributed by atoms with Gasteiger partial charge >= 0.3 is 0 Å². The fourth-order valence-corrected chi connectivity index (χ4v) is 3.62. The highest BCUT2D eigenvalue weighted by Crippen LogP contribution is 2.14. The Bertz CT molecular complexity index is 235. The fourth-order valence-electron chi connectivity index (χ4n) is 3.62. The van der Waals surface area contributed by atoms with Gasteiger partial charge in [-0.3, -0.25) is 0 Å². The molecule has 0 aliphatic rings. The molecule has 0 unspecified atom stereocenters. The lowest BCUT2D eigenvalue weighted by atomic mass is 10.0. The molecular formula is C28H60. The monoisotopic (exact) mass is 396 g/mol. The average molecular weight is 397 g/mol. The molecule has 0 saturated heterocycles. The first-order valence-electron chi connectivity index (χ1n) is 13.3. The molecule has 0 N–H and O–H groups in total. The molecule has 172 valence electrons. The summed E-state index contributed by atoms with van der Waals surface area (Å²) < 4.78 is 0. The van der Waals surface area contributed by atoms with E-state index in [-0.39, 0.29) is 0 Å². The minimum Gasteiger partial charge on any atom is -0.0628 e. The van der Waals surface area contributed by atoms with Gasteiger partial charge in [0.25, 0.3) is 0 Å². The van der Waals surface area contributed by atoms with Crippen molar-refractivity contribution in [1.82, 2.24) is 0 Å². The molecule has 0 nitrogen and oxygen atoms in total. The van der Waals surface area contributed by atoms with E-state index in [1.54, 1.807) is 0 Å². The van der Waals surface area contributed by atoms with Gasteiger partial charge in [-0.2, -0.15) is 0 Å². The Morgan fingerprint density at radius 2 is 0.393 bits per heavy atom. The van der Waals surface area contributed by atoms with Crippen molar-refractivity contribution in [2.24, 2.45) is 23.7 Å². The summed E-state index contributed by atoms with van der Waals surface area (Å²) in [6.07, 6.45) is 23.2. The molecule has 0 amide bonds. The summed E-state index contributed by atoms with van der Waals surface area (Å²) in [4.78, 5) is 0. The molecule has 0 heteroatoms. The quantitative estimate of drug-likeness (QED) is 0.202. The Kier molecular flexibility index (Phi) is 25.1. The van der Waals surface area contributed by atoms with Gasteiger partial charge in [0.15, 0.2) is 0 Å². The van der Waals surface area contributed by atoms with Gasteiger partial charge in [0.2, 0.25) is 0 Å². The van der Waals surface area contributed by atoms with Crippen molar-refractivity contribution in [3.05, 3.63) is 0 Å². The van der Waals surface area contributed by atoms with Gasteiger partial charge in [-0.15, -0.1) is 0 Å². The highest BCUT2D eigenvalue weighted by Gasteiger charge is 1.97. The third kappa shape index (κ3) is 33.6. The summed E-state index contributed by atoms with van der Waals surface area (Å²) in [5.74, 6) is 3.60. The van der Waals surface area contributed by atoms with E-state index in [1.807, 2.05) is 0 Å². The van der Waals surface area contributed by atoms with Crippen LogP contribution in [-0.2, 0) is 0 Å². The second kappa shape index (κ2) is 23.3. The van der Waals surface area contributed by atoms with E-state index in [0.29, 0.717) is 0 Å². The van der Waals surface area contributed by atoms with Crippen LogP contribution in [0.2, 0.25) is 0 Å². The second-order valence-electron chi connectivity index (χ2n) is 11.0. The lowest BCUT2D eigenvalue weighted by Gasteiger charge is -2.05. The summed E-state index contributed by atoms with van der Waals surface area (Å²) in [5, 5.41) is 0. The minimum absolute atomic E-state index is 0.899. The molecule has 0 aliphatic heterocycles. The first-order chi connectivity index (χ1) is 13.3. The standard InChI is InChI=1S/C15H32.C13H28/c1-14(2)12-10-8-6-5-7-9-11-13-15(3)4;1-12(2)10-8-6-5-7-9-11-13(3)4/h14-15H,5-13H2,1-4H3;12-13H,5-11H2,1-4H3. The largest absolute Gasteiger partial charge is 0.0628 e. The Labute approximate surface area is 182 Å². The van der Waals surface area contributed by atoms with Crippen LogP contribution < -0.4 is 0 Å². The molecule has 0 saturated carbocycles. The van der Waals surface area contributed by atoms with Gasteiger partial charge in [-0.25, -0.2) is 0 Å². The molecule has 0 spiro atoms. The molecule has 0 heterocycles. The van der Waals surface area contributed by atoms with Gasteiger partial charge in [0.05, 0.1) is 0 Å². The smallest absolute Gasteiger partial charge is 0.0471 e. The first-order valence-corrected chi connectivity index (χ1v) is 13.3. The molecule has 0 aromatic carbocycles. The van der Waals surface area contributed by atoms with Crippen LogP contribution in [0.5, 0.6) is 0 Å². The zero-order valence-corrected chi connectivity index (χ0v) is 21.6. The van der Waals surface area contributed by atoms with E-state index in [9.17, 15) is 0 Å². The second-order valence-corrected chi connectivity index (χ2v) is 11.0. The van der Waals surface area contributed by atoms with Crippen LogP contribution in [0.3, 0.4) is 0 Å². The molecule has 0 rings (SSSR count). The molecule has 0 fully saturated rings. The Morgan fingerprint density at radius 1 is 0.250 bits per heavy atom. The first kappa shape index (κ1) is 30.2. The lowest BCUT2D eigenvalue weighted by Crippen LogP contribution is -1.89. The average Bonchev–Trinajstić information content (AvgIpc) is 2.59. The molecule has 0 aliphatic carbocycles. The highest BCUT2D eigenvalue weighted by atomic mass is 14.0. The molecule has 0 radical (unpaired) electrons. The maximum atomic E-state index is 2.33. The van der Waals surface area contributed by atoms with Gasteiger partial charge in [-0.05, 0) is 23.7 Å². The van der Waals surface area contributed by atoms with Crippen molar-refractivity contribution in [2.75, 3.05) is 0 Å². The van der Waals surface area contributed by atoms with E-state index in [4.69, 9.17) is 0 Å². The summed E-state index contributed by atoms with van der Waals surface area (Å²) in [6, 6.07) is 0. The number of rotatable bonds is 18. The summed E-state index contributed by atoms with van der Waals surface area (Å²) in [7, 11) is 0. The number of unbranched alkanes of at least 4 members (excludes halogenated alkanes) is 10. The Morgan fingerprint density at radius 3 is 0.536 bits per heavy atom. The normalized spacial score (nSPS) is 11.6. The van der Waals surface area contributed by atoms with Crippen molar-refractivity contribution in [3.63, 3.8) is 0 Å². The SMILES string of the molecule is CC(C)CCCCCCCC(C)C.CC(C)CCCCCCCCCC(C)C. The van der Waals surface area contributed by atoms with Crippen LogP contribution >= 0.6 is 0 Å². The zero-order chi connectivity index (χ0) is 21.6. The summed E-state index contributed by atoms with van der Waals surface area (Å²) in [5.41, 5.74) is 0. The van der Waals surface area contributed by atoms with E-state index >= 15 is 0 Å². The third-order valence-corrected chi connectivity index (χ3v) is 5.63. The van der Waals surface area contributed by atoms with Crippen molar-refractivity contribution < 1.29 is 0 Å². The van der Waals surface area contributed by atoms with Crippen LogP contribution in [0, 0.1) is 23.7 Å². The molecular weight excluding hydrogens is 336 g/mol. The lowest BCUT2D eigenvalue weighted by molar-refractivity contribution is 0.489. The van der Waals surface area contributed by atoms with Crippen LogP contribution in [0.4, 0.5) is 0 Å². The maximum Gasteiger partial charge on any atom is -0.0471 e. The summed E-state index contributed by atoms with van der Waals surface area (Å²) >= 11 is 0. The van der Waals surface area contributed by atoms with E-state index in [2.05, 4.69) is 55.4 Å². The number of hydrogen-bond donors (Lipinski definition) is 0. The van der Waals surface area contributed by atoms with Crippen molar-refractivity contribution in [2.45, 2.75) is 158 Å². The van der Waals surface area contributed by atoms with Gasteiger partial charge in [-0.1, -0.05) is 158 Å². The minimum atomic E-state index is 0.899. The fraction of sp³-hybridized carbons (Fsp3) is 1.00. The van der Waals surface area contributed by atoms with E-state index in [1.165, 1.54) is 103 Å². The predicted molar refractivity (Wildman–Crippen MR) is 133 cm³/mol. The summed E-state index contributed by atoms with van der Waals surface area (Å²) in [6.45, 7) is 18.6. The topological polar surface area (TPSA) is 0 Å². The van der Waals surface area contributed by atoms with Crippen LogP contribution in [0.15, 0.2) is 0 Å².